The quantitative estimate of drug-likeness (QED) is 0.590. The predicted octanol–water partition coefficient (Wildman–Crippen LogP) is 0.427. The molecule has 2 aromatic carbocycles. The number of aliphatic hydroxyl groups is 3. The third kappa shape index (κ3) is 2.84. The van der Waals surface area contributed by atoms with E-state index < -0.39 is 41.0 Å². The first-order valence-corrected chi connectivity index (χ1v) is 9.79. The normalized spacial score (nSPS) is 25.9. The van der Waals surface area contributed by atoms with Crippen molar-refractivity contribution in [3.05, 3.63) is 60.4 Å². The van der Waals surface area contributed by atoms with Gasteiger partial charge in [0.15, 0.2) is 5.82 Å². The maximum Gasteiger partial charge on any atom is 0.269 e. The fourth-order valence-corrected chi connectivity index (χ4v) is 4.78. The van der Waals surface area contributed by atoms with E-state index in [1.54, 1.807) is 42.5 Å². The smallest absolute Gasteiger partial charge is 0.269 e. The summed E-state index contributed by atoms with van der Waals surface area (Å²) in [6, 6.07) is 14.5. The van der Waals surface area contributed by atoms with Crippen LogP contribution >= 0.6 is 0 Å². The fraction of sp³-hybridized carbons (Fsp3) is 0.278. The molecule has 27 heavy (non-hydrogen) atoms. The van der Waals surface area contributed by atoms with Crippen molar-refractivity contribution >= 4 is 21.1 Å². The third-order valence-corrected chi connectivity index (χ3v) is 6.35. The predicted molar refractivity (Wildman–Crippen MR) is 95.5 cm³/mol. The molecule has 0 radical (unpaired) electrons. The fourth-order valence-electron chi connectivity index (χ4n) is 3.27. The van der Waals surface area contributed by atoms with E-state index in [9.17, 15) is 23.7 Å². The molecule has 9 heteroatoms. The van der Waals surface area contributed by atoms with E-state index >= 15 is 0 Å². The summed E-state index contributed by atoms with van der Waals surface area (Å²) in [6.07, 6.45) is -5.02. The van der Waals surface area contributed by atoms with Gasteiger partial charge in [-0.3, -0.25) is 0 Å². The van der Waals surface area contributed by atoms with Crippen molar-refractivity contribution in [2.45, 2.75) is 29.3 Å². The van der Waals surface area contributed by atoms with Gasteiger partial charge in [-0.15, -0.1) is 0 Å². The highest BCUT2D eigenvalue weighted by molar-refractivity contribution is 7.90. The van der Waals surface area contributed by atoms with Crippen LogP contribution in [0.25, 0.3) is 11.0 Å². The molecule has 142 valence electrons. The summed E-state index contributed by atoms with van der Waals surface area (Å²) in [7, 11) is -4.04. The lowest BCUT2D eigenvalue weighted by Gasteiger charge is -2.17. The standard InChI is InChI=1S/C18H18N2O6S/c21-10-14-15(22)16(23)17(26-14)18-19-12-8-4-5-9-13(12)20(18)27(24,25)11-6-2-1-3-7-11/h1-9,14-17,21-23H,10H2/t14-,15-,16-,17-/m1/s1. The molecule has 8 nitrogen and oxygen atoms in total. The average Bonchev–Trinajstić information content (AvgIpc) is 3.21. The van der Waals surface area contributed by atoms with Crippen molar-refractivity contribution in [1.29, 1.82) is 0 Å². The summed E-state index contributed by atoms with van der Waals surface area (Å²) < 4.78 is 33.1. The van der Waals surface area contributed by atoms with E-state index in [-0.39, 0.29) is 10.7 Å². The van der Waals surface area contributed by atoms with Gasteiger partial charge in [-0.05, 0) is 24.3 Å². The molecule has 0 spiro atoms. The van der Waals surface area contributed by atoms with Crippen molar-refractivity contribution < 1.29 is 28.5 Å². The minimum Gasteiger partial charge on any atom is -0.394 e. The lowest BCUT2D eigenvalue weighted by Crippen LogP contribution is -2.33. The first-order chi connectivity index (χ1) is 12.9. The number of benzene rings is 2. The Balaban J connectivity index is 1.94. The number of nitrogens with zero attached hydrogens (tertiary/aromatic N) is 2. The molecule has 2 heterocycles. The summed E-state index contributed by atoms with van der Waals surface area (Å²) in [5.74, 6) is -0.0532. The van der Waals surface area contributed by atoms with Crippen LogP contribution < -0.4 is 0 Å². The Morgan fingerprint density at radius 2 is 1.67 bits per heavy atom. The molecule has 1 aliphatic rings. The van der Waals surface area contributed by atoms with Gasteiger partial charge in [-0.25, -0.2) is 17.4 Å². The molecule has 3 aromatic rings. The lowest BCUT2D eigenvalue weighted by atomic mass is 10.1. The van der Waals surface area contributed by atoms with Gasteiger partial charge in [-0.2, -0.15) is 0 Å². The molecular formula is C18H18N2O6S. The van der Waals surface area contributed by atoms with Gasteiger partial charge in [0, 0.05) is 0 Å². The molecule has 3 N–H and O–H groups in total. The zero-order valence-corrected chi connectivity index (χ0v) is 14.9. The number of aliphatic hydroxyl groups excluding tert-OH is 3. The highest BCUT2D eigenvalue weighted by Crippen LogP contribution is 2.36. The van der Waals surface area contributed by atoms with Crippen molar-refractivity contribution in [2.24, 2.45) is 0 Å². The van der Waals surface area contributed by atoms with Crippen LogP contribution in [-0.4, -0.2) is 57.6 Å². The van der Waals surface area contributed by atoms with Crippen LogP contribution in [0.1, 0.15) is 11.9 Å². The first-order valence-electron chi connectivity index (χ1n) is 8.35. The second-order valence-corrected chi connectivity index (χ2v) is 8.09. The monoisotopic (exact) mass is 390 g/mol. The maximum absolute atomic E-state index is 13.3. The first kappa shape index (κ1) is 18.1. The molecule has 0 bridgehead atoms. The molecule has 0 saturated carbocycles. The van der Waals surface area contributed by atoms with Crippen LogP contribution in [0.2, 0.25) is 0 Å². The number of aromatic nitrogens is 2. The van der Waals surface area contributed by atoms with E-state index in [2.05, 4.69) is 4.98 Å². The van der Waals surface area contributed by atoms with E-state index in [0.29, 0.717) is 11.0 Å². The Morgan fingerprint density at radius 3 is 2.33 bits per heavy atom. The maximum atomic E-state index is 13.3. The van der Waals surface area contributed by atoms with E-state index in [4.69, 9.17) is 4.74 Å². The summed E-state index contributed by atoms with van der Waals surface area (Å²) in [6.45, 7) is -0.514. The van der Waals surface area contributed by atoms with E-state index in [1.165, 1.54) is 12.1 Å². The van der Waals surface area contributed by atoms with Crippen molar-refractivity contribution in [1.82, 2.24) is 8.96 Å². The van der Waals surface area contributed by atoms with Gasteiger partial charge < -0.3 is 20.1 Å². The van der Waals surface area contributed by atoms with Crippen LogP contribution in [0.4, 0.5) is 0 Å². The SMILES string of the molecule is O=S(=O)(c1ccccc1)n1c([C@@H]2O[C@H](CO)[C@@H](O)[C@H]2O)nc2ccccc21. The Kier molecular flexibility index (Phi) is 4.49. The second kappa shape index (κ2) is 6.70. The summed E-state index contributed by atoms with van der Waals surface area (Å²) >= 11 is 0. The number of hydrogen-bond donors (Lipinski definition) is 3. The molecule has 1 aromatic heterocycles. The van der Waals surface area contributed by atoms with Gasteiger partial charge in [-0.1, -0.05) is 30.3 Å². The van der Waals surface area contributed by atoms with Crippen molar-refractivity contribution in [3.63, 3.8) is 0 Å². The van der Waals surface area contributed by atoms with Gasteiger partial charge in [0.25, 0.3) is 10.0 Å². The molecule has 0 aliphatic carbocycles. The van der Waals surface area contributed by atoms with E-state index in [0.717, 1.165) is 3.97 Å². The molecule has 0 amide bonds. The number of hydrogen-bond acceptors (Lipinski definition) is 7. The lowest BCUT2D eigenvalue weighted by molar-refractivity contribution is -0.0253. The second-order valence-electron chi connectivity index (χ2n) is 6.30. The van der Waals surface area contributed by atoms with Gasteiger partial charge in [0.1, 0.15) is 24.4 Å². The van der Waals surface area contributed by atoms with Crippen LogP contribution in [-0.2, 0) is 14.8 Å². The zero-order valence-electron chi connectivity index (χ0n) is 14.1. The van der Waals surface area contributed by atoms with Crippen molar-refractivity contribution in [3.8, 4) is 0 Å². The average molecular weight is 390 g/mol. The Hall–Kier alpha value is -2.30. The summed E-state index contributed by atoms with van der Waals surface area (Å²) in [4.78, 5) is 4.40. The largest absolute Gasteiger partial charge is 0.394 e. The highest BCUT2D eigenvalue weighted by atomic mass is 32.2. The van der Waals surface area contributed by atoms with Crippen LogP contribution in [0, 0.1) is 0 Å². The van der Waals surface area contributed by atoms with Crippen LogP contribution in [0.3, 0.4) is 0 Å². The number of fused-ring (bicyclic) bond motifs is 1. The van der Waals surface area contributed by atoms with Gasteiger partial charge in [0.05, 0.1) is 22.5 Å². The van der Waals surface area contributed by atoms with Crippen LogP contribution in [0.5, 0.6) is 0 Å². The molecule has 4 rings (SSSR count). The highest BCUT2D eigenvalue weighted by Gasteiger charge is 2.46. The van der Waals surface area contributed by atoms with Crippen molar-refractivity contribution in [2.75, 3.05) is 6.61 Å². The number of ether oxygens (including phenoxy) is 1. The summed E-state index contributed by atoms with van der Waals surface area (Å²) in [5.41, 5.74) is 0.735. The minimum absolute atomic E-state index is 0.0532. The Labute approximate surface area is 155 Å². The number of rotatable bonds is 4. The molecule has 1 aliphatic heterocycles. The Bertz CT molecular complexity index is 1070. The number of imidazole rings is 1. The Morgan fingerprint density at radius 1 is 1.00 bits per heavy atom. The molecular weight excluding hydrogens is 372 g/mol. The molecule has 4 atom stereocenters. The molecule has 1 saturated heterocycles. The van der Waals surface area contributed by atoms with Gasteiger partial charge >= 0.3 is 0 Å². The molecule has 0 unspecified atom stereocenters. The summed E-state index contributed by atoms with van der Waals surface area (Å²) in [5, 5.41) is 29.7. The minimum atomic E-state index is -4.04. The molecule has 1 fully saturated rings. The number of para-hydroxylation sites is 2. The van der Waals surface area contributed by atoms with Gasteiger partial charge in [0.2, 0.25) is 0 Å². The van der Waals surface area contributed by atoms with Crippen LogP contribution in [0.15, 0.2) is 59.5 Å². The topological polar surface area (TPSA) is 122 Å². The third-order valence-electron chi connectivity index (χ3n) is 4.62. The zero-order chi connectivity index (χ0) is 19.2. The van der Waals surface area contributed by atoms with E-state index in [1.807, 2.05) is 0 Å².